The van der Waals surface area contributed by atoms with Crippen LogP contribution in [0.4, 0.5) is 0 Å². The summed E-state index contributed by atoms with van der Waals surface area (Å²) in [6, 6.07) is 0. The van der Waals surface area contributed by atoms with E-state index < -0.39 is 0 Å². The zero-order valence-electron chi connectivity index (χ0n) is 8.87. The smallest absolute Gasteiger partial charge is 0.267 e. The van der Waals surface area contributed by atoms with Crippen LogP contribution in [0.25, 0.3) is 11.6 Å². The van der Waals surface area contributed by atoms with Gasteiger partial charge >= 0.3 is 0 Å². The predicted octanol–water partition coefficient (Wildman–Crippen LogP) is 2.42. The van der Waals surface area contributed by atoms with Crippen molar-refractivity contribution in [1.29, 1.82) is 0 Å². The first-order chi connectivity index (χ1) is 7.67. The summed E-state index contributed by atoms with van der Waals surface area (Å²) in [5.41, 5.74) is 1.44. The Kier molecular flexibility index (Phi) is 3.16. The van der Waals surface area contributed by atoms with E-state index in [2.05, 4.69) is 15.3 Å². The minimum atomic E-state index is 0.184. The largest absolute Gasteiger partial charge is 0.418 e. The summed E-state index contributed by atoms with van der Waals surface area (Å²) < 4.78 is 6.97. The van der Waals surface area contributed by atoms with Gasteiger partial charge in [0.1, 0.15) is 11.6 Å². The maximum Gasteiger partial charge on any atom is 0.267 e. The van der Waals surface area contributed by atoms with E-state index >= 15 is 0 Å². The first kappa shape index (κ1) is 11.4. The molecule has 7 heteroatoms. The molecule has 0 aliphatic heterocycles. The van der Waals surface area contributed by atoms with Crippen molar-refractivity contribution >= 4 is 23.2 Å². The van der Waals surface area contributed by atoms with E-state index in [-0.39, 0.29) is 5.88 Å². The highest BCUT2D eigenvalue weighted by Crippen LogP contribution is 2.29. The Bertz CT molecular complexity index is 506. The Hall–Kier alpha value is -1.07. The third-order valence-electron chi connectivity index (χ3n) is 2.17. The number of nitrogens with zero attached hydrogens (tertiary/aromatic N) is 4. The van der Waals surface area contributed by atoms with Gasteiger partial charge in [0.05, 0.1) is 10.7 Å². The third-order valence-corrected chi connectivity index (χ3v) is 2.80. The fraction of sp³-hybridized carbons (Fsp3) is 0.444. The van der Waals surface area contributed by atoms with Gasteiger partial charge in [-0.15, -0.1) is 21.8 Å². The van der Waals surface area contributed by atoms with Crippen LogP contribution < -0.4 is 0 Å². The van der Waals surface area contributed by atoms with Gasteiger partial charge in [0.15, 0.2) is 0 Å². The molecule has 0 unspecified atom stereocenters. The highest BCUT2D eigenvalue weighted by atomic mass is 35.5. The predicted molar refractivity (Wildman–Crippen MR) is 60.4 cm³/mol. The Labute approximate surface area is 102 Å². The van der Waals surface area contributed by atoms with Crippen LogP contribution in [0.2, 0.25) is 5.02 Å². The molecule has 2 aromatic rings. The van der Waals surface area contributed by atoms with Gasteiger partial charge in [-0.05, 0) is 6.42 Å². The quantitative estimate of drug-likeness (QED) is 0.796. The summed E-state index contributed by atoms with van der Waals surface area (Å²) in [6.07, 6.45) is 0.753. The lowest BCUT2D eigenvalue weighted by atomic mass is 10.3. The number of hydrogen-bond donors (Lipinski definition) is 0. The third kappa shape index (κ3) is 1.81. The molecule has 0 saturated carbocycles. The molecule has 5 nitrogen and oxygen atoms in total. The second kappa shape index (κ2) is 4.43. The van der Waals surface area contributed by atoms with Crippen LogP contribution in [-0.4, -0.2) is 20.0 Å². The molecule has 0 fully saturated rings. The van der Waals surface area contributed by atoms with Gasteiger partial charge in [-0.3, -0.25) is 4.68 Å². The van der Waals surface area contributed by atoms with Crippen LogP contribution in [0.1, 0.15) is 18.5 Å². The second-order valence-electron chi connectivity index (χ2n) is 3.22. The highest BCUT2D eigenvalue weighted by Gasteiger charge is 2.19. The van der Waals surface area contributed by atoms with Crippen LogP contribution in [0, 0.1) is 0 Å². The fourth-order valence-electron chi connectivity index (χ4n) is 1.42. The molecular formula is C9H10Cl2N4O. The van der Waals surface area contributed by atoms with Crippen molar-refractivity contribution in [3.63, 3.8) is 0 Å². The molecule has 2 rings (SSSR count). The normalized spacial score (nSPS) is 11.0. The molecule has 16 heavy (non-hydrogen) atoms. The van der Waals surface area contributed by atoms with Gasteiger partial charge in [-0.25, -0.2) is 0 Å². The van der Waals surface area contributed by atoms with Crippen LogP contribution in [0.3, 0.4) is 0 Å². The molecule has 0 atom stereocenters. The molecule has 0 N–H and O–H groups in total. The monoisotopic (exact) mass is 260 g/mol. The van der Waals surface area contributed by atoms with Crippen LogP contribution in [-0.2, 0) is 19.3 Å². The Morgan fingerprint density at radius 3 is 2.62 bits per heavy atom. The molecule has 0 saturated heterocycles. The summed E-state index contributed by atoms with van der Waals surface area (Å²) in [5.74, 6) is 0.894. The second-order valence-corrected chi connectivity index (χ2v) is 3.87. The van der Waals surface area contributed by atoms with E-state index in [9.17, 15) is 0 Å². The molecule has 0 amide bonds. The molecule has 2 aromatic heterocycles. The van der Waals surface area contributed by atoms with Crippen molar-refractivity contribution in [2.45, 2.75) is 19.2 Å². The van der Waals surface area contributed by atoms with Gasteiger partial charge in [0.25, 0.3) is 5.89 Å². The molecule has 0 radical (unpaired) electrons. The van der Waals surface area contributed by atoms with Gasteiger partial charge in [-0.1, -0.05) is 18.5 Å². The molecule has 0 aliphatic rings. The number of hydrogen-bond acceptors (Lipinski definition) is 4. The van der Waals surface area contributed by atoms with E-state index in [4.69, 9.17) is 27.6 Å². The zero-order chi connectivity index (χ0) is 11.7. The summed E-state index contributed by atoms with van der Waals surface area (Å²) in [6.45, 7) is 1.98. The van der Waals surface area contributed by atoms with Crippen molar-refractivity contribution in [3.05, 3.63) is 16.6 Å². The van der Waals surface area contributed by atoms with Crippen LogP contribution in [0.15, 0.2) is 4.42 Å². The van der Waals surface area contributed by atoms with Gasteiger partial charge in [0, 0.05) is 7.05 Å². The molecule has 2 heterocycles. The molecule has 0 aromatic carbocycles. The first-order valence-electron chi connectivity index (χ1n) is 4.77. The number of halogens is 2. The average molecular weight is 261 g/mol. The number of aryl methyl sites for hydroxylation is 2. The van der Waals surface area contributed by atoms with Crippen LogP contribution in [0.5, 0.6) is 0 Å². The number of rotatable bonds is 3. The summed E-state index contributed by atoms with van der Waals surface area (Å²) in [4.78, 5) is 0. The average Bonchev–Trinajstić information content (AvgIpc) is 2.83. The number of alkyl halides is 1. The van der Waals surface area contributed by atoms with Crippen molar-refractivity contribution in [2.75, 3.05) is 0 Å². The molecular weight excluding hydrogens is 251 g/mol. The number of aromatic nitrogens is 4. The van der Waals surface area contributed by atoms with E-state index in [0.717, 1.165) is 12.1 Å². The molecule has 0 aliphatic carbocycles. The minimum absolute atomic E-state index is 0.184. The van der Waals surface area contributed by atoms with E-state index in [1.807, 2.05) is 6.92 Å². The lowest BCUT2D eigenvalue weighted by Gasteiger charge is -1.95. The summed E-state index contributed by atoms with van der Waals surface area (Å²) >= 11 is 11.8. The van der Waals surface area contributed by atoms with Crippen molar-refractivity contribution in [2.24, 2.45) is 7.05 Å². The van der Waals surface area contributed by atoms with Crippen molar-refractivity contribution < 1.29 is 4.42 Å². The molecule has 0 spiro atoms. The van der Waals surface area contributed by atoms with Gasteiger partial charge in [-0.2, -0.15) is 5.10 Å². The Morgan fingerprint density at radius 2 is 2.12 bits per heavy atom. The Morgan fingerprint density at radius 1 is 1.38 bits per heavy atom. The van der Waals surface area contributed by atoms with E-state index in [1.165, 1.54) is 0 Å². The lowest BCUT2D eigenvalue weighted by Crippen LogP contribution is -1.94. The SMILES string of the molecule is CCc1nn(C)c(-c2nnc(CCl)o2)c1Cl. The summed E-state index contributed by atoms with van der Waals surface area (Å²) in [5, 5.41) is 12.5. The maximum atomic E-state index is 6.17. The molecule has 0 bridgehead atoms. The lowest BCUT2D eigenvalue weighted by molar-refractivity contribution is 0.521. The van der Waals surface area contributed by atoms with Crippen LogP contribution >= 0.6 is 23.2 Å². The minimum Gasteiger partial charge on any atom is -0.418 e. The van der Waals surface area contributed by atoms with Gasteiger partial charge < -0.3 is 4.42 Å². The molecule has 86 valence electrons. The topological polar surface area (TPSA) is 56.7 Å². The highest BCUT2D eigenvalue weighted by molar-refractivity contribution is 6.33. The van der Waals surface area contributed by atoms with Crippen molar-refractivity contribution in [3.8, 4) is 11.6 Å². The first-order valence-corrected chi connectivity index (χ1v) is 5.68. The summed E-state index contributed by atoms with van der Waals surface area (Å²) in [7, 11) is 1.78. The van der Waals surface area contributed by atoms with E-state index in [0.29, 0.717) is 22.5 Å². The maximum absolute atomic E-state index is 6.17. The Balaban J connectivity index is 2.50. The standard InChI is InChI=1S/C9H10Cl2N4O/c1-3-5-7(11)8(15(2)14-5)9-13-12-6(4-10)16-9/h3-4H2,1-2H3. The van der Waals surface area contributed by atoms with E-state index in [1.54, 1.807) is 11.7 Å². The van der Waals surface area contributed by atoms with Gasteiger partial charge in [0.2, 0.25) is 5.89 Å². The fourth-order valence-corrected chi connectivity index (χ4v) is 1.90. The van der Waals surface area contributed by atoms with Crippen molar-refractivity contribution in [1.82, 2.24) is 20.0 Å². The zero-order valence-corrected chi connectivity index (χ0v) is 10.4.